The van der Waals surface area contributed by atoms with Gasteiger partial charge < -0.3 is 5.02 Å². The summed E-state index contributed by atoms with van der Waals surface area (Å²) in [4.78, 5) is 0.789. The van der Waals surface area contributed by atoms with Crippen molar-refractivity contribution >= 4 is 40.1 Å². The Balaban J connectivity index is 2.48. The molecule has 2 rings (SSSR count). The van der Waals surface area contributed by atoms with Crippen LogP contribution in [0.3, 0.4) is 0 Å². The van der Waals surface area contributed by atoms with E-state index < -0.39 is 17.1 Å². The number of hydrogen-bond acceptors (Lipinski definition) is 5. The average molecular weight is 230 g/mol. The van der Waals surface area contributed by atoms with E-state index in [-0.39, 0.29) is 0 Å². The molecule has 1 N–H and O–H groups in total. The zero-order chi connectivity index (χ0) is 10.3. The van der Waals surface area contributed by atoms with Gasteiger partial charge in [-0.25, -0.2) is 12.7 Å². The molecule has 0 amide bonds. The summed E-state index contributed by atoms with van der Waals surface area (Å²) in [5.41, 5.74) is 0.579. The zero-order valence-electron chi connectivity index (χ0n) is 7.28. The van der Waals surface area contributed by atoms with Crippen molar-refractivity contribution in [3.63, 3.8) is 0 Å². The largest absolute Gasteiger partial charge is 0.484 e. The zero-order valence-corrected chi connectivity index (χ0v) is 8.92. The Morgan fingerprint density at radius 1 is 1.64 bits per heavy atom. The van der Waals surface area contributed by atoms with Crippen LogP contribution in [0.5, 0.6) is 0 Å². The molecule has 0 bridgehead atoms. The van der Waals surface area contributed by atoms with Gasteiger partial charge in [0.05, 0.1) is 12.5 Å². The number of nitrogens with zero attached hydrogens (tertiary/aromatic N) is 2. The van der Waals surface area contributed by atoms with Gasteiger partial charge in [-0.1, -0.05) is 6.07 Å². The minimum absolute atomic E-state index is 0.579. The summed E-state index contributed by atoms with van der Waals surface area (Å²) in [5, 5.41) is 15.1. The molecular formula is C6H7BN2O3S2. The lowest BCUT2D eigenvalue weighted by Gasteiger charge is -2.22. The van der Waals surface area contributed by atoms with Gasteiger partial charge in [0.25, 0.3) is 0 Å². The first-order valence-corrected chi connectivity index (χ1v) is 6.52. The number of rotatable bonds is 1. The SMILES string of the molecule is CS(=O)(=O)N1N=Cc2sccc2B1O. The smallest absolute Gasteiger partial charge is 0.427 e. The summed E-state index contributed by atoms with van der Waals surface area (Å²) in [6.07, 6.45) is 2.44. The molecule has 0 aromatic carbocycles. The molecule has 5 nitrogen and oxygen atoms in total. The van der Waals surface area contributed by atoms with Crippen molar-refractivity contribution < 1.29 is 13.4 Å². The molecule has 14 heavy (non-hydrogen) atoms. The summed E-state index contributed by atoms with van der Waals surface area (Å²) >= 11 is 1.41. The molecule has 0 saturated carbocycles. The highest BCUT2D eigenvalue weighted by atomic mass is 32.2. The van der Waals surface area contributed by atoms with Crippen LogP contribution < -0.4 is 5.46 Å². The summed E-state index contributed by atoms with van der Waals surface area (Å²) in [7, 11) is -4.70. The van der Waals surface area contributed by atoms with Gasteiger partial charge in [-0.15, -0.1) is 11.3 Å². The molecule has 0 aliphatic carbocycles. The number of fused-ring (bicyclic) bond motifs is 1. The van der Waals surface area contributed by atoms with Crippen LogP contribution in [-0.4, -0.2) is 37.3 Å². The van der Waals surface area contributed by atoms with Gasteiger partial charge in [-0.2, -0.15) is 5.10 Å². The fraction of sp³-hybridized carbons (Fsp3) is 0.167. The van der Waals surface area contributed by atoms with Crippen molar-refractivity contribution in [3.8, 4) is 0 Å². The molecule has 0 atom stereocenters. The van der Waals surface area contributed by atoms with Crippen molar-refractivity contribution in [1.29, 1.82) is 0 Å². The maximum Gasteiger partial charge on any atom is 0.484 e. The van der Waals surface area contributed by atoms with E-state index in [0.29, 0.717) is 9.79 Å². The Morgan fingerprint density at radius 3 is 3.00 bits per heavy atom. The number of hydrogen-bond donors (Lipinski definition) is 1. The van der Waals surface area contributed by atoms with E-state index in [1.807, 2.05) is 0 Å². The molecule has 8 heteroatoms. The lowest BCUT2D eigenvalue weighted by molar-refractivity contribution is 0.480. The molecule has 0 radical (unpaired) electrons. The highest BCUT2D eigenvalue weighted by Gasteiger charge is 2.35. The molecule has 0 fully saturated rings. The lowest BCUT2D eigenvalue weighted by Crippen LogP contribution is -2.51. The Morgan fingerprint density at radius 2 is 2.36 bits per heavy atom. The van der Waals surface area contributed by atoms with Gasteiger partial charge in [-0.3, -0.25) is 0 Å². The minimum Gasteiger partial charge on any atom is -0.427 e. The first-order valence-electron chi connectivity index (χ1n) is 3.79. The summed E-state index contributed by atoms with van der Waals surface area (Å²) in [6.45, 7) is 0. The highest BCUT2D eigenvalue weighted by Crippen LogP contribution is 2.13. The van der Waals surface area contributed by atoms with Gasteiger partial charge in [-0.05, 0) is 10.8 Å². The average Bonchev–Trinajstić information content (AvgIpc) is 2.50. The normalized spacial score (nSPS) is 15.9. The first-order chi connectivity index (χ1) is 6.50. The van der Waals surface area contributed by atoms with Gasteiger partial charge >= 0.3 is 7.05 Å². The van der Waals surface area contributed by atoms with Crippen molar-refractivity contribution in [2.24, 2.45) is 5.10 Å². The van der Waals surface area contributed by atoms with E-state index in [0.717, 1.165) is 11.1 Å². The third kappa shape index (κ3) is 1.45. The fourth-order valence-corrected chi connectivity index (χ4v) is 2.68. The van der Waals surface area contributed by atoms with Gasteiger partial charge in [0.1, 0.15) is 0 Å². The number of hydrazone groups is 1. The quantitative estimate of drug-likeness (QED) is 0.632. The van der Waals surface area contributed by atoms with E-state index in [2.05, 4.69) is 5.10 Å². The third-order valence-corrected chi connectivity index (χ3v) is 3.68. The van der Waals surface area contributed by atoms with Crippen molar-refractivity contribution in [1.82, 2.24) is 4.33 Å². The number of sulfonamides is 1. The van der Waals surface area contributed by atoms with Crippen LogP contribution in [0.2, 0.25) is 0 Å². The van der Waals surface area contributed by atoms with Crippen LogP contribution in [0, 0.1) is 0 Å². The molecule has 0 unspecified atom stereocenters. The molecule has 1 aromatic rings. The molecule has 1 aliphatic heterocycles. The molecule has 1 aromatic heterocycles. The maximum atomic E-state index is 11.2. The molecule has 2 heterocycles. The maximum absolute atomic E-state index is 11.2. The number of thiophene rings is 1. The Bertz CT molecular complexity index is 481. The van der Waals surface area contributed by atoms with Gasteiger partial charge in [0, 0.05) is 4.88 Å². The second-order valence-electron chi connectivity index (χ2n) is 2.89. The highest BCUT2D eigenvalue weighted by molar-refractivity contribution is 7.89. The first kappa shape index (κ1) is 9.69. The van der Waals surface area contributed by atoms with Crippen LogP contribution >= 0.6 is 11.3 Å². The van der Waals surface area contributed by atoms with Crippen molar-refractivity contribution in [3.05, 3.63) is 16.3 Å². The Kier molecular flexibility index (Phi) is 2.13. The monoisotopic (exact) mass is 230 g/mol. The Labute approximate surface area is 85.9 Å². The van der Waals surface area contributed by atoms with Crippen molar-refractivity contribution in [2.45, 2.75) is 0 Å². The predicted octanol–water partition coefficient (Wildman–Crippen LogP) is -0.955. The second kappa shape index (κ2) is 3.08. The molecule has 74 valence electrons. The molecule has 1 aliphatic rings. The predicted molar refractivity (Wildman–Crippen MR) is 56.2 cm³/mol. The van der Waals surface area contributed by atoms with Crippen molar-refractivity contribution in [2.75, 3.05) is 6.26 Å². The van der Waals surface area contributed by atoms with Crippen LogP contribution in [0.4, 0.5) is 0 Å². The van der Waals surface area contributed by atoms with Crippen LogP contribution in [-0.2, 0) is 10.0 Å². The van der Waals surface area contributed by atoms with E-state index in [1.165, 1.54) is 17.6 Å². The standard InChI is InChI=1S/C6H7BN2O3S2/c1-14(11,12)9-7(10)5-2-3-13-6(5)4-8-9/h2-4,10H,1H3. The van der Waals surface area contributed by atoms with E-state index in [1.54, 1.807) is 11.4 Å². The van der Waals surface area contributed by atoms with E-state index in [9.17, 15) is 13.4 Å². The minimum atomic E-state index is -3.51. The second-order valence-corrected chi connectivity index (χ2v) is 5.68. The third-order valence-electron chi connectivity index (χ3n) is 1.84. The molecular weight excluding hydrogens is 223 g/mol. The van der Waals surface area contributed by atoms with Gasteiger partial charge in [0.2, 0.25) is 10.0 Å². The fourth-order valence-electron chi connectivity index (χ4n) is 1.21. The summed E-state index contributed by atoms with van der Waals surface area (Å²) in [5.74, 6) is 0. The Hall–Kier alpha value is -0.855. The van der Waals surface area contributed by atoms with Crippen LogP contribution in [0.1, 0.15) is 4.88 Å². The van der Waals surface area contributed by atoms with Crippen LogP contribution in [0.25, 0.3) is 0 Å². The molecule has 0 spiro atoms. The summed E-state index contributed by atoms with van der Waals surface area (Å²) in [6, 6.07) is 1.69. The lowest BCUT2D eigenvalue weighted by atomic mass is 9.75. The van der Waals surface area contributed by atoms with Gasteiger partial charge in [0.15, 0.2) is 0 Å². The summed E-state index contributed by atoms with van der Waals surface area (Å²) < 4.78 is 23.1. The van der Waals surface area contributed by atoms with Crippen LogP contribution in [0.15, 0.2) is 16.5 Å². The van der Waals surface area contributed by atoms with E-state index in [4.69, 9.17) is 0 Å². The molecule has 0 saturated heterocycles. The van der Waals surface area contributed by atoms with E-state index >= 15 is 0 Å². The topological polar surface area (TPSA) is 70.0 Å².